The van der Waals surface area contributed by atoms with Gasteiger partial charge in [0.05, 0.1) is 5.69 Å². The number of carbonyl (C=O) groups excluding carboxylic acids is 2. The summed E-state index contributed by atoms with van der Waals surface area (Å²) in [5.74, 6) is -0.907. The second kappa shape index (κ2) is 9.31. The van der Waals surface area contributed by atoms with Crippen molar-refractivity contribution in [2.45, 2.75) is 26.8 Å². The first-order chi connectivity index (χ1) is 17.0. The van der Waals surface area contributed by atoms with Crippen LogP contribution >= 0.6 is 12.2 Å². The zero-order valence-corrected chi connectivity index (χ0v) is 20.4. The van der Waals surface area contributed by atoms with E-state index < -0.39 is 11.8 Å². The summed E-state index contributed by atoms with van der Waals surface area (Å²) in [6.07, 6.45) is 4.41. The second-order valence-corrected chi connectivity index (χ2v) is 9.05. The molecule has 174 valence electrons. The first-order valence-corrected chi connectivity index (χ1v) is 12.0. The van der Waals surface area contributed by atoms with Gasteiger partial charge in [0.2, 0.25) is 0 Å². The fraction of sp³-hybridized carbons (Fsp3) is 0.138. The Kier molecular flexibility index (Phi) is 6.05. The molecule has 1 aromatic heterocycles. The fourth-order valence-corrected chi connectivity index (χ4v) is 4.86. The standard InChI is InChI=1S/C29H25N3O2S/c1-3-21-11-4-6-13-25(21)32-28(34)24(27(33)30-29(32)35)16-22-18-31(26-14-7-5-12-23(22)26)17-20-10-8-9-19(2)15-20/h4-16,18H,3,17H2,1-2H3,(H,30,33,35)/b24-16+. The van der Waals surface area contributed by atoms with Crippen LogP contribution in [0.5, 0.6) is 0 Å². The van der Waals surface area contributed by atoms with Gasteiger partial charge in [-0.15, -0.1) is 0 Å². The van der Waals surface area contributed by atoms with Crippen molar-refractivity contribution in [3.05, 3.63) is 107 Å². The molecule has 2 amide bonds. The van der Waals surface area contributed by atoms with Crippen LogP contribution in [0.3, 0.4) is 0 Å². The highest BCUT2D eigenvalue weighted by atomic mass is 32.1. The molecule has 1 aliphatic rings. The fourth-order valence-electron chi connectivity index (χ4n) is 4.59. The largest absolute Gasteiger partial charge is 0.342 e. The van der Waals surface area contributed by atoms with Gasteiger partial charge in [-0.25, -0.2) is 0 Å². The number of hydrogen-bond donors (Lipinski definition) is 1. The minimum Gasteiger partial charge on any atom is -0.342 e. The van der Waals surface area contributed by atoms with Crippen molar-refractivity contribution in [1.29, 1.82) is 0 Å². The van der Waals surface area contributed by atoms with E-state index in [2.05, 4.69) is 47.1 Å². The summed E-state index contributed by atoms with van der Waals surface area (Å²) in [7, 11) is 0. The van der Waals surface area contributed by atoms with Crippen molar-refractivity contribution in [1.82, 2.24) is 9.88 Å². The van der Waals surface area contributed by atoms with Crippen LogP contribution in [0.15, 0.2) is 84.6 Å². The van der Waals surface area contributed by atoms with Gasteiger partial charge >= 0.3 is 0 Å². The molecule has 1 N–H and O–H groups in total. The Morgan fingerprint density at radius 1 is 0.971 bits per heavy atom. The number of aryl methyl sites for hydroxylation is 2. The Morgan fingerprint density at radius 3 is 2.54 bits per heavy atom. The van der Waals surface area contributed by atoms with Crippen LogP contribution in [0.2, 0.25) is 0 Å². The Hall–Kier alpha value is -4.03. The molecular formula is C29H25N3O2S. The van der Waals surface area contributed by atoms with Gasteiger partial charge in [0.25, 0.3) is 11.8 Å². The maximum Gasteiger partial charge on any atom is 0.270 e. The van der Waals surface area contributed by atoms with Crippen molar-refractivity contribution in [2.75, 3.05) is 4.90 Å². The third-order valence-corrected chi connectivity index (χ3v) is 6.55. The van der Waals surface area contributed by atoms with E-state index >= 15 is 0 Å². The van der Waals surface area contributed by atoms with E-state index in [1.54, 1.807) is 6.08 Å². The van der Waals surface area contributed by atoms with Crippen molar-refractivity contribution in [3.8, 4) is 0 Å². The maximum atomic E-state index is 13.6. The van der Waals surface area contributed by atoms with Crippen molar-refractivity contribution < 1.29 is 9.59 Å². The first kappa shape index (κ1) is 22.7. The van der Waals surface area contributed by atoms with Gasteiger partial charge in [-0.1, -0.05) is 73.2 Å². The number of fused-ring (bicyclic) bond motifs is 1. The molecule has 3 aromatic carbocycles. The van der Waals surface area contributed by atoms with Gasteiger partial charge in [-0.3, -0.25) is 19.8 Å². The Morgan fingerprint density at radius 2 is 1.74 bits per heavy atom. The normalized spacial score (nSPS) is 15.2. The molecule has 0 atom stereocenters. The van der Waals surface area contributed by atoms with E-state index in [4.69, 9.17) is 12.2 Å². The van der Waals surface area contributed by atoms with E-state index in [9.17, 15) is 9.59 Å². The first-order valence-electron chi connectivity index (χ1n) is 11.6. The van der Waals surface area contributed by atoms with Crippen LogP contribution in [-0.2, 0) is 22.6 Å². The summed E-state index contributed by atoms with van der Waals surface area (Å²) in [6.45, 7) is 4.79. The molecule has 6 heteroatoms. The number of thiocarbonyl (C=S) groups is 1. The van der Waals surface area contributed by atoms with Crippen molar-refractivity contribution >= 4 is 51.8 Å². The van der Waals surface area contributed by atoms with E-state index in [0.717, 1.165) is 28.5 Å². The number of para-hydroxylation sites is 2. The summed E-state index contributed by atoms with van der Waals surface area (Å²) >= 11 is 5.39. The van der Waals surface area contributed by atoms with Gasteiger partial charge in [0.1, 0.15) is 5.57 Å². The topological polar surface area (TPSA) is 54.3 Å². The van der Waals surface area contributed by atoms with Crippen LogP contribution < -0.4 is 10.2 Å². The zero-order valence-electron chi connectivity index (χ0n) is 19.6. The summed E-state index contributed by atoms with van der Waals surface area (Å²) < 4.78 is 2.15. The number of nitrogens with one attached hydrogen (secondary N) is 1. The summed E-state index contributed by atoms with van der Waals surface area (Å²) in [6, 6.07) is 24.0. The molecule has 0 radical (unpaired) electrons. The van der Waals surface area contributed by atoms with Crippen LogP contribution in [0, 0.1) is 6.92 Å². The third-order valence-electron chi connectivity index (χ3n) is 6.27. The number of hydrogen-bond acceptors (Lipinski definition) is 3. The monoisotopic (exact) mass is 479 g/mol. The number of rotatable bonds is 5. The molecule has 5 nitrogen and oxygen atoms in total. The van der Waals surface area contributed by atoms with Crippen LogP contribution in [0.25, 0.3) is 17.0 Å². The van der Waals surface area contributed by atoms with E-state index in [0.29, 0.717) is 12.2 Å². The minimum atomic E-state index is -0.485. The molecule has 1 saturated heterocycles. The van der Waals surface area contributed by atoms with Gasteiger partial charge in [0, 0.05) is 29.2 Å². The van der Waals surface area contributed by atoms with E-state index in [1.165, 1.54) is 16.0 Å². The SMILES string of the molecule is CCc1ccccc1N1C(=O)/C(=C/c2cn(Cc3cccc(C)c3)c3ccccc23)C(=O)NC1=S. The summed E-state index contributed by atoms with van der Waals surface area (Å²) in [5.41, 5.74) is 5.96. The van der Waals surface area contributed by atoms with Gasteiger partial charge in [-0.2, -0.15) is 0 Å². The van der Waals surface area contributed by atoms with Crippen molar-refractivity contribution in [3.63, 3.8) is 0 Å². The van der Waals surface area contributed by atoms with Gasteiger partial charge in [-0.05, 0) is 54.9 Å². The average molecular weight is 480 g/mol. The number of amides is 2. The quantitative estimate of drug-likeness (QED) is 0.237. The molecule has 5 rings (SSSR count). The summed E-state index contributed by atoms with van der Waals surface area (Å²) in [4.78, 5) is 27.9. The lowest BCUT2D eigenvalue weighted by Crippen LogP contribution is -2.54. The van der Waals surface area contributed by atoms with Gasteiger partial charge in [0.15, 0.2) is 5.11 Å². The lowest BCUT2D eigenvalue weighted by Gasteiger charge is -2.30. The Bertz CT molecular complexity index is 1520. The smallest absolute Gasteiger partial charge is 0.270 e. The molecule has 4 aromatic rings. The van der Waals surface area contributed by atoms with Crippen molar-refractivity contribution in [2.24, 2.45) is 0 Å². The molecule has 1 fully saturated rings. The van der Waals surface area contributed by atoms with E-state index in [1.807, 2.05) is 55.6 Å². The highest BCUT2D eigenvalue weighted by Crippen LogP contribution is 2.29. The molecule has 0 spiro atoms. The second-order valence-electron chi connectivity index (χ2n) is 8.66. The number of benzene rings is 3. The minimum absolute atomic E-state index is 0.0583. The lowest BCUT2D eigenvalue weighted by molar-refractivity contribution is -0.122. The lowest BCUT2D eigenvalue weighted by atomic mass is 10.0. The molecule has 0 aliphatic carbocycles. The highest BCUT2D eigenvalue weighted by Gasteiger charge is 2.35. The molecule has 0 bridgehead atoms. The molecular weight excluding hydrogens is 454 g/mol. The predicted molar refractivity (Wildman–Crippen MR) is 144 cm³/mol. The van der Waals surface area contributed by atoms with Crippen LogP contribution in [0.1, 0.15) is 29.2 Å². The predicted octanol–water partition coefficient (Wildman–Crippen LogP) is 5.39. The Labute approximate surface area is 209 Å². The molecule has 0 unspecified atom stereocenters. The molecule has 1 aliphatic heterocycles. The zero-order chi connectivity index (χ0) is 24.5. The number of nitrogens with zero attached hydrogens (tertiary/aromatic N) is 2. The average Bonchev–Trinajstić information content (AvgIpc) is 3.19. The molecule has 35 heavy (non-hydrogen) atoms. The number of anilines is 1. The highest BCUT2D eigenvalue weighted by molar-refractivity contribution is 7.80. The van der Waals surface area contributed by atoms with Gasteiger partial charge < -0.3 is 4.57 Å². The maximum absolute atomic E-state index is 13.6. The summed E-state index contributed by atoms with van der Waals surface area (Å²) in [5, 5.41) is 3.77. The van der Waals surface area contributed by atoms with Crippen LogP contribution in [-0.4, -0.2) is 21.5 Å². The molecule has 0 saturated carbocycles. The Balaban J connectivity index is 1.58. The molecule has 2 heterocycles. The van der Waals surface area contributed by atoms with Crippen LogP contribution in [0.4, 0.5) is 5.69 Å². The number of carbonyl (C=O) groups is 2. The number of aromatic nitrogens is 1. The third kappa shape index (κ3) is 4.29. The van der Waals surface area contributed by atoms with E-state index in [-0.39, 0.29) is 10.7 Å².